The van der Waals surface area contributed by atoms with Crippen molar-refractivity contribution in [3.8, 4) is 0 Å². The quantitative estimate of drug-likeness (QED) is 0.419. The average molecular weight is 434 g/mol. The second-order valence-corrected chi connectivity index (χ2v) is 10.5. The Morgan fingerprint density at radius 3 is 2.48 bits per heavy atom. The Morgan fingerprint density at radius 1 is 1.28 bits per heavy atom. The number of benzene rings is 1. The van der Waals surface area contributed by atoms with E-state index in [1.807, 2.05) is 20.8 Å². The normalized spacial score (nSPS) is 15.7. The largest absolute Gasteiger partial charge is 0.598 e. The summed E-state index contributed by atoms with van der Waals surface area (Å²) in [4.78, 5) is 12.5. The Labute approximate surface area is 162 Å². The molecule has 0 amide bonds. The Hall–Kier alpha value is -0.430. The molecule has 0 aliphatic heterocycles. The zero-order chi connectivity index (χ0) is 19.3. The van der Waals surface area contributed by atoms with Crippen LogP contribution in [-0.4, -0.2) is 15.1 Å². The molecule has 0 radical (unpaired) electrons. The first-order valence-corrected chi connectivity index (χ1v) is 10.6. The average Bonchev–Trinajstić information content (AvgIpc) is 2.48. The lowest BCUT2D eigenvalue weighted by Gasteiger charge is -2.35. The summed E-state index contributed by atoms with van der Waals surface area (Å²) in [6, 6.07) is 4.63. The number of halogens is 2. The molecular weight excluding hydrogens is 405 g/mol. The first kappa shape index (κ1) is 22.6. The molecule has 1 N–H and O–H groups in total. The topological polar surface area (TPSA) is 52.2 Å². The van der Waals surface area contributed by atoms with Crippen molar-refractivity contribution < 1.29 is 13.7 Å². The van der Waals surface area contributed by atoms with E-state index in [-0.39, 0.29) is 12.2 Å². The maximum Gasteiger partial charge on any atom is 0.136 e. The van der Waals surface area contributed by atoms with Crippen molar-refractivity contribution in [2.75, 3.05) is 0 Å². The van der Waals surface area contributed by atoms with E-state index in [2.05, 4.69) is 27.6 Å². The van der Waals surface area contributed by atoms with Gasteiger partial charge in [0.25, 0.3) is 0 Å². The first-order chi connectivity index (χ1) is 11.5. The van der Waals surface area contributed by atoms with Crippen LogP contribution in [0.1, 0.15) is 72.3 Å². The minimum Gasteiger partial charge on any atom is -0.598 e. The summed E-state index contributed by atoms with van der Waals surface area (Å²) in [5.74, 6) is -0.362. The fraction of sp³-hybridized carbons (Fsp3) is 0.632. The van der Waals surface area contributed by atoms with E-state index in [1.165, 1.54) is 6.07 Å². The lowest BCUT2D eigenvalue weighted by atomic mass is 9.86. The number of nitrogens with one attached hydrogen (secondary N) is 1. The van der Waals surface area contributed by atoms with Crippen molar-refractivity contribution in [3.05, 3.63) is 34.1 Å². The standard InChI is InChI=1S/C19H29BrFNO2S/c1-6-7-8-9-15(23)13-19(5,22-25(24)18(2,3)4)16-12-14(20)10-11-17(16)21/h10-12,22H,6-9,13H2,1-5H3/t19-,25+/m0/s1. The van der Waals surface area contributed by atoms with Gasteiger partial charge in [0.2, 0.25) is 0 Å². The Kier molecular flexibility index (Phi) is 8.58. The number of hydrogen-bond acceptors (Lipinski definition) is 3. The number of hydrogen-bond donors (Lipinski definition) is 1. The lowest BCUT2D eigenvalue weighted by Crippen LogP contribution is -2.51. The van der Waals surface area contributed by atoms with Gasteiger partial charge in [-0.05, 0) is 52.3 Å². The summed E-state index contributed by atoms with van der Waals surface area (Å²) in [6.45, 7) is 9.36. The van der Waals surface area contributed by atoms with Crippen molar-refractivity contribution >= 4 is 33.1 Å². The maximum absolute atomic E-state index is 14.5. The van der Waals surface area contributed by atoms with Crippen LogP contribution >= 0.6 is 15.9 Å². The summed E-state index contributed by atoms with van der Waals surface area (Å²) in [5.41, 5.74) is -0.682. The molecule has 0 aliphatic rings. The third-order valence-electron chi connectivity index (χ3n) is 4.01. The van der Waals surface area contributed by atoms with E-state index in [4.69, 9.17) is 0 Å². The highest BCUT2D eigenvalue weighted by Crippen LogP contribution is 2.33. The molecule has 0 spiro atoms. The molecule has 0 unspecified atom stereocenters. The number of rotatable bonds is 9. The van der Waals surface area contributed by atoms with E-state index in [1.54, 1.807) is 19.1 Å². The maximum atomic E-state index is 14.5. The highest BCUT2D eigenvalue weighted by atomic mass is 79.9. The SMILES string of the molecule is CCCCCC(=O)C[C@](C)(N[S@+]([O-])C(C)(C)C)c1cc(Br)ccc1F. The van der Waals surface area contributed by atoms with Crippen molar-refractivity contribution in [2.45, 2.75) is 77.0 Å². The van der Waals surface area contributed by atoms with Gasteiger partial charge in [-0.3, -0.25) is 4.79 Å². The van der Waals surface area contributed by atoms with Crippen LogP contribution in [0.4, 0.5) is 4.39 Å². The van der Waals surface area contributed by atoms with Gasteiger partial charge >= 0.3 is 0 Å². The third-order valence-corrected chi connectivity index (χ3v) is 6.25. The van der Waals surface area contributed by atoms with Gasteiger partial charge in [0.05, 0.1) is 5.54 Å². The molecular formula is C19H29BrFNO2S. The number of carbonyl (C=O) groups is 1. The van der Waals surface area contributed by atoms with Crippen molar-refractivity contribution in [3.63, 3.8) is 0 Å². The molecule has 1 aromatic rings. The highest BCUT2D eigenvalue weighted by molar-refractivity contribution is 9.10. The Bertz CT molecular complexity index is 591. The van der Waals surface area contributed by atoms with Crippen molar-refractivity contribution in [1.29, 1.82) is 0 Å². The fourth-order valence-corrected chi connectivity index (χ4v) is 3.78. The van der Waals surface area contributed by atoms with Crippen molar-refractivity contribution in [2.24, 2.45) is 0 Å². The molecule has 1 aromatic carbocycles. The van der Waals surface area contributed by atoms with Crippen LogP contribution in [-0.2, 0) is 21.7 Å². The van der Waals surface area contributed by atoms with Crippen LogP contribution in [0.5, 0.6) is 0 Å². The number of Topliss-reactive ketones (excluding diaryl/α,β-unsaturated/α-hetero) is 1. The molecule has 0 heterocycles. The number of unbranched alkanes of at least 4 members (excludes halogenated alkanes) is 2. The van der Waals surface area contributed by atoms with Crippen LogP contribution in [0.2, 0.25) is 0 Å². The number of ketones is 1. The monoisotopic (exact) mass is 433 g/mol. The zero-order valence-electron chi connectivity index (χ0n) is 15.7. The van der Waals surface area contributed by atoms with Crippen LogP contribution in [0.3, 0.4) is 0 Å². The van der Waals surface area contributed by atoms with Crippen LogP contribution in [0.25, 0.3) is 0 Å². The van der Waals surface area contributed by atoms with Gasteiger partial charge in [-0.15, -0.1) is 4.72 Å². The van der Waals surface area contributed by atoms with Gasteiger partial charge < -0.3 is 4.55 Å². The highest BCUT2D eigenvalue weighted by Gasteiger charge is 2.40. The van der Waals surface area contributed by atoms with Gasteiger partial charge in [0, 0.05) is 34.2 Å². The van der Waals surface area contributed by atoms with Gasteiger partial charge in [-0.2, -0.15) is 0 Å². The van der Waals surface area contributed by atoms with Gasteiger partial charge in [0.1, 0.15) is 16.3 Å². The minimum absolute atomic E-state index is 0.0498. The Balaban J connectivity index is 3.13. The molecule has 0 aromatic heterocycles. The lowest BCUT2D eigenvalue weighted by molar-refractivity contribution is -0.120. The van der Waals surface area contributed by atoms with Gasteiger partial charge in [-0.25, -0.2) is 4.39 Å². The predicted octanol–water partition coefficient (Wildman–Crippen LogP) is 5.39. The molecule has 3 nitrogen and oxygen atoms in total. The van der Waals surface area contributed by atoms with E-state index >= 15 is 0 Å². The van der Waals surface area contributed by atoms with Gasteiger partial charge in [0.15, 0.2) is 0 Å². The fourth-order valence-electron chi connectivity index (χ4n) is 2.52. The molecule has 0 bridgehead atoms. The minimum atomic E-state index is -1.43. The molecule has 1 rings (SSSR count). The third kappa shape index (κ3) is 7.00. The van der Waals surface area contributed by atoms with E-state index < -0.39 is 27.5 Å². The smallest absolute Gasteiger partial charge is 0.136 e. The van der Waals surface area contributed by atoms with Crippen molar-refractivity contribution in [1.82, 2.24) is 4.72 Å². The zero-order valence-corrected chi connectivity index (χ0v) is 18.2. The number of carbonyl (C=O) groups excluding carboxylic acids is 1. The molecule has 2 atom stereocenters. The molecule has 0 saturated heterocycles. The van der Waals surface area contributed by atoms with Crippen LogP contribution in [0, 0.1) is 5.82 Å². The Morgan fingerprint density at radius 2 is 1.92 bits per heavy atom. The molecule has 25 heavy (non-hydrogen) atoms. The summed E-state index contributed by atoms with van der Waals surface area (Å²) in [5, 5.41) is 0. The predicted molar refractivity (Wildman–Crippen MR) is 106 cm³/mol. The molecule has 0 saturated carbocycles. The second kappa shape index (κ2) is 9.49. The summed E-state index contributed by atoms with van der Waals surface area (Å²) < 4.78 is 30.4. The van der Waals surface area contributed by atoms with E-state index in [9.17, 15) is 13.7 Å². The molecule has 0 fully saturated rings. The first-order valence-electron chi connectivity index (χ1n) is 8.66. The summed E-state index contributed by atoms with van der Waals surface area (Å²) in [7, 11) is 0. The summed E-state index contributed by atoms with van der Waals surface area (Å²) >= 11 is 1.93. The molecule has 0 aliphatic carbocycles. The van der Waals surface area contributed by atoms with E-state index in [0.717, 1.165) is 23.7 Å². The van der Waals surface area contributed by atoms with Crippen LogP contribution < -0.4 is 4.72 Å². The van der Waals surface area contributed by atoms with Gasteiger partial charge in [-0.1, -0.05) is 35.7 Å². The summed E-state index contributed by atoms with van der Waals surface area (Å²) in [6.07, 6.45) is 3.43. The second-order valence-electron chi connectivity index (χ2n) is 7.61. The molecule has 142 valence electrons. The van der Waals surface area contributed by atoms with E-state index in [0.29, 0.717) is 12.0 Å². The van der Waals surface area contributed by atoms with Crippen LogP contribution in [0.15, 0.2) is 22.7 Å². The molecule has 6 heteroatoms.